The minimum Gasteiger partial charge on any atom is -0.756 e. The summed E-state index contributed by atoms with van der Waals surface area (Å²) < 4.78 is 23.1. The lowest BCUT2D eigenvalue weighted by Gasteiger charge is -2.29. The predicted molar refractivity (Wildman–Crippen MR) is 251 cm³/mol. The van der Waals surface area contributed by atoms with E-state index in [1.54, 1.807) is 6.08 Å². The number of hydrogen-bond donors (Lipinski definition) is 2. The van der Waals surface area contributed by atoms with Crippen LogP contribution in [-0.2, 0) is 18.4 Å². The topological polar surface area (TPSA) is 108 Å². The molecule has 0 bridgehead atoms. The first-order chi connectivity index (χ1) is 28.5. The highest BCUT2D eigenvalue weighted by atomic mass is 31.2. The van der Waals surface area contributed by atoms with Gasteiger partial charge >= 0.3 is 0 Å². The molecule has 0 fully saturated rings. The Morgan fingerprint density at radius 2 is 1.00 bits per heavy atom. The predicted octanol–water partition coefficient (Wildman–Crippen LogP) is 13.4. The van der Waals surface area contributed by atoms with Gasteiger partial charge in [-0.1, -0.05) is 191 Å². The van der Waals surface area contributed by atoms with Crippen molar-refractivity contribution in [2.45, 2.75) is 225 Å². The molecule has 8 nitrogen and oxygen atoms in total. The zero-order valence-corrected chi connectivity index (χ0v) is 40.1. The minimum atomic E-state index is -4.60. The number of hydrogen-bond acceptors (Lipinski definition) is 6. The number of aliphatic hydroxyl groups is 1. The highest BCUT2D eigenvalue weighted by molar-refractivity contribution is 7.45. The van der Waals surface area contributed by atoms with Crippen LogP contribution in [0, 0.1) is 0 Å². The molecule has 0 aromatic rings. The second-order valence-corrected chi connectivity index (χ2v) is 19.2. The average Bonchev–Trinajstić information content (AvgIpc) is 3.19. The molecule has 0 aromatic heterocycles. The molecule has 2 N–H and O–H groups in total. The highest BCUT2D eigenvalue weighted by Crippen LogP contribution is 2.38. The molecule has 0 saturated carbocycles. The molecule has 0 aliphatic carbocycles. The zero-order chi connectivity index (χ0) is 43.6. The molecule has 9 heteroatoms. The van der Waals surface area contributed by atoms with Crippen molar-refractivity contribution in [3.63, 3.8) is 0 Å². The number of carbonyl (C=O) groups is 1. The van der Waals surface area contributed by atoms with Crippen LogP contribution in [-0.4, -0.2) is 68.5 Å². The van der Waals surface area contributed by atoms with E-state index in [9.17, 15) is 19.4 Å². The van der Waals surface area contributed by atoms with Crippen molar-refractivity contribution in [1.29, 1.82) is 0 Å². The molecule has 3 unspecified atom stereocenters. The highest BCUT2D eigenvalue weighted by Gasteiger charge is 2.23. The van der Waals surface area contributed by atoms with Crippen LogP contribution in [0.5, 0.6) is 0 Å². The Balaban J connectivity index is 4.11. The van der Waals surface area contributed by atoms with Gasteiger partial charge in [-0.05, 0) is 64.2 Å². The molecule has 0 aromatic carbocycles. The first-order valence-corrected chi connectivity index (χ1v) is 26.0. The molecule has 3 atom stereocenters. The number of aliphatic hydroxyl groups excluding tert-OH is 1. The van der Waals surface area contributed by atoms with Crippen LogP contribution in [0.4, 0.5) is 0 Å². The third-order valence-electron chi connectivity index (χ3n) is 10.8. The summed E-state index contributed by atoms with van der Waals surface area (Å²) in [4.78, 5) is 25.3. The van der Waals surface area contributed by atoms with Crippen LogP contribution in [0.25, 0.3) is 0 Å². The summed E-state index contributed by atoms with van der Waals surface area (Å²) >= 11 is 0. The van der Waals surface area contributed by atoms with E-state index >= 15 is 0 Å². The summed E-state index contributed by atoms with van der Waals surface area (Å²) in [7, 11) is 1.23. The first-order valence-electron chi connectivity index (χ1n) is 24.5. The lowest BCUT2D eigenvalue weighted by atomic mass is 10.0. The van der Waals surface area contributed by atoms with E-state index in [2.05, 4.69) is 55.6 Å². The van der Waals surface area contributed by atoms with Gasteiger partial charge in [0, 0.05) is 6.42 Å². The van der Waals surface area contributed by atoms with Crippen LogP contribution in [0.2, 0.25) is 0 Å². The van der Waals surface area contributed by atoms with Gasteiger partial charge in [-0.25, -0.2) is 0 Å². The third kappa shape index (κ3) is 44.3. The van der Waals surface area contributed by atoms with Crippen molar-refractivity contribution in [2.24, 2.45) is 0 Å². The molecule has 0 aliphatic rings. The second kappa shape index (κ2) is 41.8. The van der Waals surface area contributed by atoms with E-state index in [1.165, 1.54) is 141 Å². The smallest absolute Gasteiger partial charge is 0.268 e. The van der Waals surface area contributed by atoms with Crippen LogP contribution in [0.15, 0.2) is 48.6 Å². The Morgan fingerprint density at radius 1 is 0.593 bits per heavy atom. The maximum absolute atomic E-state index is 12.9. The Labute approximate surface area is 365 Å². The molecule has 0 heterocycles. The van der Waals surface area contributed by atoms with E-state index in [4.69, 9.17) is 9.05 Å². The standard InChI is InChI=1S/C50H95N2O6P/c1-6-8-10-12-14-16-18-19-20-21-22-23-24-25-26-27-28-29-30-31-32-33-34-36-38-40-42-44-50(54)51-48(47-58-59(55,56)57-46-45-52(3,4)5)49(53)43-41-39-37-35-17-15-13-11-9-7-2/h9,11,17,21-22,35,41,43,48-49,53H,6-8,10,12-16,18-20,23-34,36-40,42,44-47H2,1-5H3,(H-,51,54,55,56)/b11-9+,22-21-,35-17+,43-41+. The molecule has 1 amide bonds. The fourth-order valence-corrected chi connectivity index (χ4v) is 7.62. The van der Waals surface area contributed by atoms with Crippen molar-refractivity contribution in [2.75, 3.05) is 40.9 Å². The van der Waals surface area contributed by atoms with Gasteiger partial charge in [0.1, 0.15) is 13.2 Å². The molecule has 0 aliphatic heterocycles. The molecule has 0 radical (unpaired) electrons. The van der Waals surface area contributed by atoms with E-state index < -0.39 is 26.6 Å². The van der Waals surface area contributed by atoms with E-state index in [-0.39, 0.29) is 12.5 Å². The average molecular weight is 851 g/mol. The fraction of sp³-hybridized carbons (Fsp3) is 0.820. The number of likely N-dealkylation sites (N-methyl/N-ethyl adjacent to an activating group) is 1. The maximum Gasteiger partial charge on any atom is 0.268 e. The molecule has 59 heavy (non-hydrogen) atoms. The molecular weight excluding hydrogens is 756 g/mol. The molecular formula is C50H95N2O6P. The monoisotopic (exact) mass is 851 g/mol. The summed E-state index contributed by atoms with van der Waals surface area (Å²) in [5.74, 6) is -0.213. The summed E-state index contributed by atoms with van der Waals surface area (Å²) in [6, 6.07) is -0.907. The number of nitrogens with zero attached hydrogens (tertiary/aromatic N) is 1. The van der Waals surface area contributed by atoms with E-state index in [0.717, 1.165) is 51.4 Å². The summed E-state index contributed by atoms with van der Waals surface area (Å²) in [5, 5.41) is 13.7. The molecule has 0 spiro atoms. The summed E-state index contributed by atoms with van der Waals surface area (Å²) in [6.45, 7) is 4.49. The van der Waals surface area contributed by atoms with Gasteiger partial charge in [0.25, 0.3) is 7.82 Å². The number of phosphoric ester groups is 1. The van der Waals surface area contributed by atoms with Gasteiger partial charge in [-0.3, -0.25) is 9.36 Å². The van der Waals surface area contributed by atoms with E-state index in [1.807, 2.05) is 27.2 Å². The maximum atomic E-state index is 12.9. The van der Waals surface area contributed by atoms with Gasteiger partial charge in [-0.15, -0.1) is 0 Å². The van der Waals surface area contributed by atoms with Crippen molar-refractivity contribution in [3.05, 3.63) is 48.6 Å². The van der Waals surface area contributed by atoms with Crippen molar-refractivity contribution >= 4 is 13.7 Å². The van der Waals surface area contributed by atoms with Gasteiger partial charge in [-0.2, -0.15) is 0 Å². The second-order valence-electron chi connectivity index (χ2n) is 17.8. The number of amides is 1. The molecule has 346 valence electrons. The van der Waals surface area contributed by atoms with Gasteiger partial charge in [0.2, 0.25) is 5.91 Å². The van der Waals surface area contributed by atoms with Crippen LogP contribution in [0.1, 0.15) is 213 Å². The fourth-order valence-electron chi connectivity index (χ4n) is 6.89. The number of nitrogens with one attached hydrogen (secondary N) is 1. The third-order valence-corrected chi connectivity index (χ3v) is 11.7. The number of phosphoric acid groups is 1. The number of rotatable bonds is 44. The number of quaternary nitrogens is 1. The largest absolute Gasteiger partial charge is 0.756 e. The summed E-state index contributed by atoms with van der Waals surface area (Å²) in [5.41, 5.74) is 0. The van der Waals surface area contributed by atoms with Crippen molar-refractivity contribution < 1.29 is 32.9 Å². The quantitative estimate of drug-likeness (QED) is 0.0274. The molecule has 0 rings (SSSR count). The first kappa shape index (κ1) is 57.5. The van der Waals surface area contributed by atoms with Crippen molar-refractivity contribution in [1.82, 2.24) is 5.32 Å². The Hall–Kier alpha value is -1.54. The number of allylic oxidation sites excluding steroid dienone is 7. The summed E-state index contributed by atoms with van der Waals surface area (Å²) in [6.07, 6.45) is 53.4. The van der Waals surface area contributed by atoms with E-state index in [0.29, 0.717) is 17.4 Å². The normalized spacial score (nSPS) is 14.6. The van der Waals surface area contributed by atoms with Crippen LogP contribution in [0.3, 0.4) is 0 Å². The zero-order valence-electron chi connectivity index (χ0n) is 39.2. The van der Waals surface area contributed by atoms with Gasteiger partial charge in [0.15, 0.2) is 0 Å². The van der Waals surface area contributed by atoms with Gasteiger partial charge in [0.05, 0.1) is 39.9 Å². The minimum absolute atomic E-state index is 0.00956. The SMILES string of the molecule is CC/C=C/CC/C=C/CC/C=C/C(O)C(COP(=O)([O-])OCC[N+](C)(C)C)NC(=O)CCCCCCCCCCCCCCCCC/C=C\CCCCCCCCCC. The van der Waals surface area contributed by atoms with Gasteiger partial charge < -0.3 is 28.8 Å². The number of carbonyl (C=O) groups excluding carboxylic acids is 1. The van der Waals surface area contributed by atoms with Crippen molar-refractivity contribution in [3.8, 4) is 0 Å². The Morgan fingerprint density at radius 3 is 1.46 bits per heavy atom. The Kier molecular flexibility index (Phi) is 40.7. The number of unbranched alkanes of at least 4 members (excludes halogenated alkanes) is 25. The molecule has 0 saturated heterocycles. The van der Waals surface area contributed by atoms with Crippen LogP contribution < -0.4 is 10.2 Å². The van der Waals surface area contributed by atoms with Crippen LogP contribution >= 0.6 is 7.82 Å². The lowest BCUT2D eigenvalue weighted by molar-refractivity contribution is -0.870. The lowest BCUT2D eigenvalue weighted by Crippen LogP contribution is -2.45. The Bertz CT molecular complexity index is 1100.